The quantitative estimate of drug-likeness (QED) is 0.174. The van der Waals surface area contributed by atoms with Crippen LogP contribution in [0.2, 0.25) is 0 Å². The lowest BCUT2D eigenvalue weighted by atomic mass is 9.33. The number of anilines is 6. The Hall–Kier alpha value is -6.79. The second-order valence-electron chi connectivity index (χ2n) is 12.8. The fourth-order valence-corrected chi connectivity index (χ4v) is 7.74. The van der Waals surface area contributed by atoms with E-state index in [0.29, 0.717) is 17.5 Å². The molecule has 7 aromatic carbocycles. The van der Waals surface area contributed by atoms with Crippen molar-refractivity contribution in [1.29, 1.82) is 0 Å². The maximum absolute atomic E-state index is 5.21. The molecule has 8 aromatic rings. The molecule has 0 saturated carbocycles. The van der Waals surface area contributed by atoms with Crippen LogP contribution in [-0.2, 0) is 0 Å². The highest BCUT2D eigenvalue weighted by Crippen LogP contribution is 2.46. The van der Waals surface area contributed by atoms with Crippen LogP contribution in [0.4, 0.5) is 34.1 Å². The molecule has 10 rings (SSSR count). The Morgan fingerprint density at radius 3 is 1.43 bits per heavy atom. The summed E-state index contributed by atoms with van der Waals surface area (Å²) in [5.41, 5.74) is 13.4. The number of hydrogen-bond acceptors (Lipinski definition) is 5. The number of nitrogens with zero attached hydrogens (tertiary/aromatic N) is 5. The van der Waals surface area contributed by atoms with Gasteiger partial charge in [-0.25, -0.2) is 15.0 Å². The van der Waals surface area contributed by atoms with Crippen molar-refractivity contribution in [1.82, 2.24) is 15.0 Å². The first-order valence-corrected chi connectivity index (χ1v) is 17.3. The van der Waals surface area contributed by atoms with Gasteiger partial charge in [-0.3, -0.25) is 0 Å². The van der Waals surface area contributed by atoms with Gasteiger partial charge in [0.15, 0.2) is 17.5 Å². The predicted octanol–water partition coefficient (Wildman–Crippen LogP) is 8.96. The largest absolute Gasteiger partial charge is 0.311 e. The van der Waals surface area contributed by atoms with Gasteiger partial charge in [0.25, 0.3) is 6.71 Å². The van der Waals surface area contributed by atoms with Crippen molar-refractivity contribution in [2.45, 2.75) is 0 Å². The van der Waals surface area contributed by atoms with Crippen LogP contribution in [0, 0.1) is 0 Å². The van der Waals surface area contributed by atoms with E-state index in [4.69, 9.17) is 15.0 Å². The number of hydrogen-bond donors (Lipinski definition) is 0. The maximum atomic E-state index is 5.21. The SMILES string of the molecule is c1ccc(-c2nc(-c3ccccc3)nc(-c3cccc4c3N(c3ccccc3)c3cccc5c3B4c3ccccc3N5c3ccccc3)n2)cc1. The summed E-state index contributed by atoms with van der Waals surface area (Å²) >= 11 is 0. The maximum Gasteiger partial charge on any atom is 0.252 e. The van der Waals surface area contributed by atoms with Crippen molar-refractivity contribution >= 4 is 57.2 Å². The molecule has 0 bridgehead atoms. The van der Waals surface area contributed by atoms with E-state index in [-0.39, 0.29) is 6.71 Å². The Morgan fingerprint density at radius 2 is 0.804 bits per heavy atom. The smallest absolute Gasteiger partial charge is 0.252 e. The van der Waals surface area contributed by atoms with Gasteiger partial charge >= 0.3 is 0 Å². The van der Waals surface area contributed by atoms with Gasteiger partial charge in [0, 0.05) is 45.1 Å². The van der Waals surface area contributed by atoms with Gasteiger partial charge in [-0.15, -0.1) is 0 Å². The Balaban J connectivity index is 1.27. The van der Waals surface area contributed by atoms with Gasteiger partial charge < -0.3 is 9.80 Å². The minimum absolute atomic E-state index is 0.00806. The van der Waals surface area contributed by atoms with Gasteiger partial charge in [-0.2, -0.15) is 0 Å². The van der Waals surface area contributed by atoms with E-state index in [1.54, 1.807) is 0 Å². The summed E-state index contributed by atoms with van der Waals surface area (Å²) < 4.78 is 0. The topological polar surface area (TPSA) is 45.2 Å². The Labute approximate surface area is 297 Å². The number of aromatic nitrogens is 3. The molecule has 3 heterocycles. The van der Waals surface area contributed by atoms with E-state index in [1.165, 1.54) is 27.8 Å². The molecule has 0 unspecified atom stereocenters. The lowest BCUT2D eigenvalue weighted by Gasteiger charge is -2.44. The van der Waals surface area contributed by atoms with E-state index in [9.17, 15) is 0 Å². The third kappa shape index (κ3) is 4.76. The molecule has 238 valence electrons. The molecular formula is C45H30BN5. The van der Waals surface area contributed by atoms with Crippen molar-refractivity contribution in [3.63, 3.8) is 0 Å². The van der Waals surface area contributed by atoms with Crippen LogP contribution in [0.1, 0.15) is 0 Å². The normalized spacial score (nSPS) is 12.6. The summed E-state index contributed by atoms with van der Waals surface area (Å²) in [6.07, 6.45) is 0. The summed E-state index contributed by atoms with van der Waals surface area (Å²) in [5, 5.41) is 0. The van der Waals surface area contributed by atoms with Crippen LogP contribution < -0.4 is 26.2 Å². The van der Waals surface area contributed by atoms with Crippen LogP contribution in [0.5, 0.6) is 0 Å². The van der Waals surface area contributed by atoms with Crippen LogP contribution >= 0.6 is 0 Å². The minimum Gasteiger partial charge on any atom is -0.311 e. The fraction of sp³-hybridized carbons (Fsp3) is 0. The van der Waals surface area contributed by atoms with Gasteiger partial charge in [0.05, 0.1) is 5.69 Å². The molecule has 0 fully saturated rings. The zero-order valence-electron chi connectivity index (χ0n) is 27.6. The predicted molar refractivity (Wildman–Crippen MR) is 210 cm³/mol. The summed E-state index contributed by atoms with van der Waals surface area (Å²) in [5.74, 6) is 1.92. The van der Waals surface area contributed by atoms with Crippen LogP contribution in [0.15, 0.2) is 182 Å². The zero-order chi connectivity index (χ0) is 33.7. The first-order chi connectivity index (χ1) is 25.3. The van der Waals surface area contributed by atoms with Crippen molar-refractivity contribution in [2.24, 2.45) is 0 Å². The van der Waals surface area contributed by atoms with E-state index in [0.717, 1.165) is 39.4 Å². The third-order valence-corrected chi connectivity index (χ3v) is 9.89. The molecule has 0 spiro atoms. The summed E-state index contributed by atoms with van der Waals surface area (Å²) in [6, 6.07) is 63.8. The molecular weight excluding hydrogens is 621 g/mol. The average Bonchev–Trinajstić information content (AvgIpc) is 3.21. The summed E-state index contributed by atoms with van der Waals surface area (Å²) in [4.78, 5) is 20.2. The highest BCUT2D eigenvalue weighted by atomic mass is 15.2. The highest BCUT2D eigenvalue weighted by molar-refractivity contribution is 7.00. The van der Waals surface area contributed by atoms with Gasteiger partial charge in [0.2, 0.25) is 0 Å². The van der Waals surface area contributed by atoms with E-state index < -0.39 is 0 Å². The molecule has 0 N–H and O–H groups in total. The second-order valence-corrected chi connectivity index (χ2v) is 12.8. The van der Waals surface area contributed by atoms with Crippen molar-refractivity contribution in [3.8, 4) is 34.2 Å². The molecule has 2 aliphatic rings. The van der Waals surface area contributed by atoms with Gasteiger partial charge in [-0.1, -0.05) is 133 Å². The van der Waals surface area contributed by atoms with Crippen LogP contribution in [0.3, 0.4) is 0 Å². The van der Waals surface area contributed by atoms with Crippen molar-refractivity contribution in [3.05, 3.63) is 182 Å². The van der Waals surface area contributed by atoms with Crippen molar-refractivity contribution in [2.75, 3.05) is 9.80 Å². The zero-order valence-corrected chi connectivity index (χ0v) is 27.6. The number of rotatable bonds is 5. The average molecular weight is 652 g/mol. The molecule has 0 aliphatic carbocycles. The number of benzene rings is 7. The van der Waals surface area contributed by atoms with Crippen LogP contribution in [0.25, 0.3) is 34.2 Å². The third-order valence-electron chi connectivity index (χ3n) is 9.89. The fourth-order valence-electron chi connectivity index (χ4n) is 7.74. The Morgan fingerprint density at radius 1 is 0.353 bits per heavy atom. The molecule has 0 amide bonds. The number of para-hydroxylation sites is 4. The Kier molecular flexibility index (Phi) is 6.84. The standard InChI is InChI=1S/C45H30BN5/c1-5-17-31(18-6-1)43-47-44(32-19-7-2-8-20-32)49-45(48-43)35-25-15-27-37-42(35)51(34-23-11-4-12-24-34)40-30-16-29-39-41(40)46(37)36-26-13-14-28-38(36)50(39)33-21-9-3-10-22-33/h1-30H. The first-order valence-electron chi connectivity index (χ1n) is 17.3. The Bertz CT molecular complexity index is 2490. The van der Waals surface area contributed by atoms with Crippen LogP contribution in [-0.4, -0.2) is 21.7 Å². The lowest BCUT2D eigenvalue weighted by molar-refractivity contribution is 1.07. The highest BCUT2D eigenvalue weighted by Gasteiger charge is 2.44. The summed E-state index contributed by atoms with van der Waals surface area (Å²) in [7, 11) is 0. The lowest BCUT2D eigenvalue weighted by Crippen LogP contribution is -2.61. The second kappa shape index (κ2) is 12.0. The van der Waals surface area contributed by atoms with Crippen molar-refractivity contribution < 1.29 is 0 Å². The van der Waals surface area contributed by atoms with Gasteiger partial charge in [0.1, 0.15) is 0 Å². The molecule has 2 aliphatic heterocycles. The van der Waals surface area contributed by atoms with Gasteiger partial charge in [-0.05, 0) is 64.9 Å². The first kappa shape index (κ1) is 29.2. The minimum atomic E-state index is -0.00806. The molecule has 51 heavy (non-hydrogen) atoms. The molecule has 5 nitrogen and oxygen atoms in total. The molecule has 6 heteroatoms. The molecule has 0 saturated heterocycles. The number of fused-ring (bicyclic) bond motifs is 4. The summed E-state index contributed by atoms with van der Waals surface area (Å²) in [6.45, 7) is -0.00806. The molecule has 0 atom stereocenters. The van der Waals surface area contributed by atoms with E-state index >= 15 is 0 Å². The monoisotopic (exact) mass is 651 g/mol. The van der Waals surface area contributed by atoms with E-state index in [2.05, 4.69) is 155 Å². The molecule has 1 aromatic heterocycles. The van der Waals surface area contributed by atoms with E-state index in [1.807, 2.05) is 36.4 Å². The molecule has 0 radical (unpaired) electrons.